The van der Waals surface area contributed by atoms with Gasteiger partial charge in [0.2, 0.25) is 0 Å². The minimum absolute atomic E-state index is 0.00809. The lowest BCUT2D eigenvalue weighted by atomic mass is 10.1. The number of hydrogen-bond acceptors (Lipinski definition) is 3. The number of para-hydroxylation sites is 1. The van der Waals surface area contributed by atoms with Gasteiger partial charge in [-0.3, -0.25) is 0 Å². The lowest BCUT2D eigenvalue weighted by molar-refractivity contribution is -0.159. The highest BCUT2D eigenvalue weighted by molar-refractivity contribution is 6.34. The lowest BCUT2D eigenvalue weighted by Crippen LogP contribution is -2.39. The van der Waals surface area contributed by atoms with Gasteiger partial charge in [-0.25, -0.2) is 9.18 Å². The first kappa shape index (κ1) is 19.0. The van der Waals surface area contributed by atoms with E-state index < -0.39 is 29.9 Å². The Morgan fingerprint density at radius 1 is 1.22 bits per heavy atom. The van der Waals surface area contributed by atoms with Crippen LogP contribution in [0.25, 0.3) is 11.0 Å². The molecule has 0 saturated carbocycles. The summed E-state index contributed by atoms with van der Waals surface area (Å²) < 4.78 is 64.3. The molecule has 0 aliphatic carbocycles. The Morgan fingerprint density at radius 3 is 2.52 bits per heavy atom. The molecule has 0 spiro atoms. The number of nitrogens with one attached hydrogen (secondary N) is 1. The number of amides is 1. The summed E-state index contributed by atoms with van der Waals surface area (Å²) in [5, 5.41) is 1.65. The van der Waals surface area contributed by atoms with E-state index in [1.807, 2.05) is 0 Å². The van der Waals surface area contributed by atoms with Crippen LogP contribution in [0.5, 0.6) is 5.75 Å². The van der Waals surface area contributed by atoms with Crippen molar-refractivity contribution in [1.82, 2.24) is 5.32 Å². The second-order valence-electron chi connectivity index (χ2n) is 5.68. The molecule has 0 radical (unpaired) electrons. The molecule has 1 amide bonds. The molecule has 1 unspecified atom stereocenters. The largest absolute Gasteiger partial charge is 0.457 e. The van der Waals surface area contributed by atoms with Crippen LogP contribution in [0.15, 0.2) is 46.9 Å². The minimum Gasteiger partial charge on any atom is -0.457 e. The molecule has 1 N–H and O–H groups in total. The summed E-state index contributed by atoms with van der Waals surface area (Å²) in [7, 11) is 0. The van der Waals surface area contributed by atoms with Gasteiger partial charge in [0.05, 0.1) is 5.02 Å². The van der Waals surface area contributed by atoms with Crippen LogP contribution in [0.4, 0.5) is 22.4 Å². The van der Waals surface area contributed by atoms with E-state index in [9.17, 15) is 22.4 Å². The topological polar surface area (TPSA) is 51.5 Å². The highest BCUT2D eigenvalue weighted by Crippen LogP contribution is 2.40. The number of carbonyl (C=O) groups excluding carboxylic acids is 1. The van der Waals surface area contributed by atoms with Crippen molar-refractivity contribution >= 4 is 28.7 Å². The number of aryl methyl sites for hydroxylation is 1. The van der Waals surface area contributed by atoms with Crippen LogP contribution in [0.3, 0.4) is 0 Å². The molecule has 1 aromatic heterocycles. The van der Waals surface area contributed by atoms with Crippen LogP contribution in [0, 0.1) is 12.7 Å². The molecule has 0 bridgehead atoms. The van der Waals surface area contributed by atoms with Gasteiger partial charge >= 0.3 is 12.3 Å². The molecule has 1 heterocycles. The predicted octanol–water partition coefficient (Wildman–Crippen LogP) is 5.93. The Labute approximate surface area is 155 Å². The first-order chi connectivity index (χ1) is 12.7. The predicted molar refractivity (Wildman–Crippen MR) is 90.3 cm³/mol. The van der Waals surface area contributed by atoms with E-state index in [0.717, 1.165) is 12.1 Å². The molecular weight excluding hydrogens is 390 g/mol. The Kier molecular flexibility index (Phi) is 5.01. The lowest BCUT2D eigenvalue weighted by Gasteiger charge is -2.20. The molecule has 4 nitrogen and oxygen atoms in total. The van der Waals surface area contributed by atoms with Crippen molar-refractivity contribution in [3.63, 3.8) is 0 Å². The smallest absolute Gasteiger partial charge is 0.416 e. The van der Waals surface area contributed by atoms with Gasteiger partial charge in [-0.15, -0.1) is 0 Å². The number of furan rings is 1. The van der Waals surface area contributed by atoms with E-state index in [4.69, 9.17) is 20.8 Å². The molecule has 3 aromatic rings. The van der Waals surface area contributed by atoms with E-state index in [0.29, 0.717) is 0 Å². The monoisotopic (exact) mass is 401 g/mol. The van der Waals surface area contributed by atoms with Crippen molar-refractivity contribution in [3.8, 4) is 5.75 Å². The van der Waals surface area contributed by atoms with Gasteiger partial charge in [-0.2, -0.15) is 13.2 Å². The van der Waals surface area contributed by atoms with E-state index in [1.54, 1.807) is 23.5 Å². The van der Waals surface area contributed by atoms with Crippen molar-refractivity contribution in [1.29, 1.82) is 0 Å². The first-order valence-electron chi connectivity index (χ1n) is 7.65. The molecule has 1 atom stereocenters. The summed E-state index contributed by atoms with van der Waals surface area (Å²) in [5.41, 5.74) is -0.0909. The molecule has 0 aliphatic rings. The standard InChI is InChI=1S/C18H12ClF4NO3/c1-9-12-7-10(20)8-13(19)15(12)27-14(9)16(18(21,22)23)24-17(25)26-11-5-3-2-4-6-11/h2-8,16H,1H3,(H,24,25). The van der Waals surface area contributed by atoms with Crippen molar-refractivity contribution in [2.75, 3.05) is 0 Å². The highest BCUT2D eigenvalue weighted by Gasteiger charge is 2.45. The Hall–Kier alpha value is -2.74. The normalized spacial score (nSPS) is 12.8. The SMILES string of the molecule is Cc1c(C(NC(=O)Oc2ccccc2)C(F)(F)F)oc2c(Cl)cc(F)cc12. The van der Waals surface area contributed by atoms with Crippen molar-refractivity contribution in [2.45, 2.75) is 19.1 Å². The molecule has 9 heteroatoms. The van der Waals surface area contributed by atoms with Gasteiger partial charge in [0.15, 0.2) is 11.6 Å². The maximum absolute atomic E-state index is 13.6. The highest BCUT2D eigenvalue weighted by atomic mass is 35.5. The van der Waals surface area contributed by atoms with Crippen molar-refractivity contribution in [3.05, 3.63) is 64.6 Å². The van der Waals surface area contributed by atoms with Crippen molar-refractivity contribution < 1.29 is 31.5 Å². The van der Waals surface area contributed by atoms with Crippen molar-refractivity contribution in [2.24, 2.45) is 0 Å². The van der Waals surface area contributed by atoms with Gasteiger partial charge in [0, 0.05) is 10.9 Å². The Bertz CT molecular complexity index is 986. The molecule has 3 rings (SSSR count). The third-order valence-electron chi connectivity index (χ3n) is 3.80. The average molecular weight is 402 g/mol. The summed E-state index contributed by atoms with van der Waals surface area (Å²) in [5.74, 6) is -1.25. The van der Waals surface area contributed by atoms with Gasteiger partial charge in [0.1, 0.15) is 17.3 Å². The van der Waals surface area contributed by atoms with Crippen LogP contribution in [0.2, 0.25) is 5.02 Å². The van der Waals surface area contributed by atoms with Crippen LogP contribution >= 0.6 is 11.6 Å². The zero-order valence-corrected chi connectivity index (χ0v) is 14.5. The maximum atomic E-state index is 13.6. The maximum Gasteiger partial charge on any atom is 0.416 e. The molecule has 0 fully saturated rings. The fourth-order valence-corrected chi connectivity index (χ4v) is 2.82. The molecule has 0 saturated heterocycles. The molecule has 27 heavy (non-hydrogen) atoms. The number of benzene rings is 2. The van der Waals surface area contributed by atoms with E-state index >= 15 is 0 Å². The number of ether oxygens (including phenoxy) is 1. The van der Waals surface area contributed by atoms with Crippen LogP contribution in [-0.4, -0.2) is 12.3 Å². The second-order valence-corrected chi connectivity index (χ2v) is 6.08. The minimum atomic E-state index is -4.89. The van der Waals surface area contributed by atoms with Crippen LogP contribution in [0.1, 0.15) is 17.4 Å². The number of fused-ring (bicyclic) bond motifs is 1. The Morgan fingerprint density at radius 2 is 1.89 bits per heavy atom. The van der Waals surface area contributed by atoms with Crippen LogP contribution in [-0.2, 0) is 0 Å². The van der Waals surface area contributed by atoms with Gasteiger partial charge in [0.25, 0.3) is 0 Å². The third-order valence-corrected chi connectivity index (χ3v) is 4.08. The number of rotatable bonds is 3. The number of halogens is 5. The van der Waals surface area contributed by atoms with Gasteiger partial charge in [-0.1, -0.05) is 29.8 Å². The molecule has 2 aromatic carbocycles. The molecule has 142 valence electrons. The first-order valence-corrected chi connectivity index (χ1v) is 8.02. The summed E-state index contributed by atoms with van der Waals surface area (Å²) >= 11 is 5.85. The van der Waals surface area contributed by atoms with Gasteiger partial charge in [-0.05, 0) is 31.2 Å². The average Bonchev–Trinajstić information content (AvgIpc) is 2.90. The van der Waals surface area contributed by atoms with Gasteiger partial charge < -0.3 is 14.5 Å². The number of carbonyl (C=O) groups is 1. The van der Waals surface area contributed by atoms with E-state index in [2.05, 4.69) is 0 Å². The Balaban J connectivity index is 1.96. The molecule has 0 aliphatic heterocycles. The van der Waals surface area contributed by atoms with E-state index in [1.165, 1.54) is 19.1 Å². The summed E-state index contributed by atoms with van der Waals surface area (Å²) in [6, 6.07) is 7.04. The molecular formula is C18H12ClF4NO3. The van der Waals surface area contributed by atoms with Crippen LogP contribution < -0.4 is 10.1 Å². The summed E-state index contributed by atoms with van der Waals surface area (Å²) in [4.78, 5) is 11.9. The number of alkyl halides is 3. The fourth-order valence-electron chi connectivity index (χ4n) is 2.58. The number of hydrogen-bond donors (Lipinski definition) is 1. The zero-order chi connectivity index (χ0) is 19.8. The second kappa shape index (κ2) is 7.11. The van der Waals surface area contributed by atoms with E-state index in [-0.39, 0.29) is 27.3 Å². The zero-order valence-electron chi connectivity index (χ0n) is 13.7. The quantitative estimate of drug-likeness (QED) is 0.554. The fraction of sp³-hybridized carbons (Fsp3) is 0.167. The summed E-state index contributed by atoms with van der Waals surface area (Å²) in [6.07, 6.45) is -6.21. The third kappa shape index (κ3) is 4.00. The summed E-state index contributed by atoms with van der Waals surface area (Å²) in [6.45, 7) is 1.32.